The molecule has 0 saturated carbocycles. The van der Waals surface area contributed by atoms with Crippen LogP contribution < -0.4 is 10.1 Å². The van der Waals surface area contributed by atoms with Gasteiger partial charge in [0.25, 0.3) is 5.91 Å². The Morgan fingerprint density at radius 3 is 3.00 bits per heavy atom. The van der Waals surface area contributed by atoms with E-state index in [-0.39, 0.29) is 12.2 Å². The number of carbonyl (C=O) groups is 2. The summed E-state index contributed by atoms with van der Waals surface area (Å²) >= 11 is 5.75. The summed E-state index contributed by atoms with van der Waals surface area (Å²) < 4.78 is 5.22. The van der Waals surface area contributed by atoms with Gasteiger partial charge in [-0.05, 0) is 18.2 Å². The molecule has 0 radical (unpaired) electrons. The van der Waals surface area contributed by atoms with Crippen LogP contribution in [0.25, 0.3) is 0 Å². The van der Waals surface area contributed by atoms with Crippen LogP contribution in [0.15, 0.2) is 18.2 Å². The fraction of sp³-hybridized carbons (Fsp3) is 0.200. The van der Waals surface area contributed by atoms with Crippen LogP contribution in [0.1, 0.15) is 10.4 Å². The van der Waals surface area contributed by atoms with Gasteiger partial charge in [0, 0.05) is 5.02 Å². The van der Waals surface area contributed by atoms with E-state index in [4.69, 9.17) is 21.4 Å². The molecule has 1 heterocycles. The maximum Gasteiger partial charge on any atom is 0.329 e. The molecule has 0 spiro atoms. The maximum absolute atomic E-state index is 11.6. The first kappa shape index (κ1) is 10.8. The topological polar surface area (TPSA) is 75.6 Å². The number of carboxylic acids is 1. The second-order valence-corrected chi connectivity index (χ2v) is 3.75. The Kier molecular flexibility index (Phi) is 2.70. The molecule has 1 amide bonds. The number of ether oxygens (including phenoxy) is 1. The molecule has 6 heteroatoms. The number of hydrogen-bond donors (Lipinski definition) is 2. The Morgan fingerprint density at radius 1 is 1.56 bits per heavy atom. The molecule has 16 heavy (non-hydrogen) atoms. The van der Waals surface area contributed by atoms with E-state index in [1.807, 2.05) is 0 Å². The molecule has 0 aromatic heterocycles. The van der Waals surface area contributed by atoms with E-state index in [1.54, 1.807) is 6.07 Å². The molecule has 1 aliphatic rings. The zero-order chi connectivity index (χ0) is 11.7. The Bertz CT molecular complexity index is 460. The molecule has 2 N–H and O–H groups in total. The molecule has 0 aliphatic carbocycles. The van der Waals surface area contributed by atoms with Crippen LogP contribution in [0.5, 0.6) is 5.75 Å². The van der Waals surface area contributed by atoms with Crippen LogP contribution >= 0.6 is 11.6 Å². The van der Waals surface area contributed by atoms with Gasteiger partial charge in [0.05, 0.1) is 5.56 Å². The molecule has 1 unspecified atom stereocenters. The summed E-state index contributed by atoms with van der Waals surface area (Å²) in [6, 6.07) is 3.49. The lowest BCUT2D eigenvalue weighted by Crippen LogP contribution is -2.42. The summed E-state index contributed by atoms with van der Waals surface area (Å²) in [6.07, 6.45) is 0. The lowest BCUT2D eigenvalue weighted by Gasteiger charge is -2.09. The van der Waals surface area contributed by atoms with Crippen LogP contribution in [0.3, 0.4) is 0 Å². The standard InChI is InChI=1S/C10H8ClNO4/c11-5-1-2-6-8(3-5)16-4-7(10(14)15)12-9(6)13/h1-3,7H,4H2,(H,12,13)(H,14,15). The molecule has 1 atom stereocenters. The third kappa shape index (κ3) is 1.94. The third-order valence-electron chi connectivity index (χ3n) is 2.20. The van der Waals surface area contributed by atoms with Crippen LogP contribution in [0.4, 0.5) is 0 Å². The second kappa shape index (κ2) is 4.02. The number of carbonyl (C=O) groups excluding carboxylic acids is 1. The number of benzene rings is 1. The molecular weight excluding hydrogens is 234 g/mol. The number of rotatable bonds is 1. The molecule has 5 nitrogen and oxygen atoms in total. The van der Waals surface area contributed by atoms with E-state index in [9.17, 15) is 9.59 Å². The largest absolute Gasteiger partial charge is 0.490 e. The van der Waals surface area contributed by atoms with Crippen molar-refractivity contribution < 1.29 is 19.4 Å². The summed E-state index contributed by atoms with van der Waals surface area (Å²) in [4.78, 5) is 22.4. The minimum absolute atomic E-state index is 0.117. The number of hydrogen-bond acceptors (Lipinski definition) is 3. The van der Waals surface area contributed by atoms with Crippen molar-refractivity contribution in [2.75, 3.05) is 6.61 Å². The van der Waals surface area contributed by atoms with Crippen molar-refractivity contribution >= 4 is 23.5 Å². The number of nitrogens with one attached hydrogen (secondary N) is 1. The first-order valence-corrected chi connectivity index (χ1v) is 4.92. The Morgan fingerprint density at radius 2 is 2.31 bits per heavy atom. The average molecular weight is 242 g/mol. The lowest BCUT2D eigenvalue weighted by atomic mass is 10.2. The van der Waals surface area contributed by atoms with E-state index >= 15 is 0 Å². The molecule has 1 aromatic carbocycles. The van der Waals surface area contributed by atoms with Crippen molar-refractivity contribution in [1.82, 2.24) is 5.32 Å². The monoisotopic (exact) mass is 241 g/mol. The van der Waals surface area contributed by atoms with E-state index < -0.39 is 17.9 Å². The van der Waals surface area contributed by atoms with Gasteiger partial charge in [-0.25, -0.2) is 4.79 Å². The van der Waals surface area contributed by atoms with Crippen molar-refractivity contribution in [3.8, 4) is 5.75 Å². The van der Waals surface area contributed by atoms with Crippen molar-refractivity contribution in [3.05, 3.63) is 28.8 Å². The number of halogens is 1. The molecule has 1 aliphatic heterocycles. The molecule has 2 rings (SSSR count). The van der Waals surface area contributed by atoms with Gasteiger partial charge in [0.1, 0.15) is 12.4 Å². The summed E-state index contributed by atoms with van der Waals surface area (Å²) in [5.41, 5.74) is 0.285. The first-order valence-electron chi connectivity index (χ1n) is 4.54. The first-order chi connectivity index (χ1) is 7.58. The van der Waals surface area contributed by atoms with Gasteiger partial charge >= 0.3 is 5.97 Å². The molecular formula is C10H8ClNO4. The number of fused-ring (bicyclic) bond motifs is 1. The quantitative estimate of drug-likeness (QED) is 0.767. The fourth-order valence-corrected chi connectivity index (χ4v) is 1.55. The Labute approximate surface area is 96.0 Å². The second-order valence-electron chi connectivity index (χ2n) is 3.32. The van der Waals surface area contributed by atoms with Gasteiger partial charge in [-0.15, -0.1) is 0 Å². The highest BCUT2D eigenvalue weighted by Crippen LogP contribution is 2.25. The number of amides is 1. The minimum Gasteiger partial charge on any atom is -0.490 e. The van der Waals surface area contributed by atoms with Crippen LogP contribution in [0, 0.1) is 0 Å². The van der Waals surface area contributed by atoms with E-state index in [2.05, 4.69) is 5.32 Å². The summed E-state index contributed by atoms with van der Waals surface area (Å²) in [6.45, 7) is -0.117. The zero-order valence-electron chi connectivity index (χ0n) is 8.07. The number of carboxylic acid groups (broad SMARTS) is 1. The molecule has 0 fully saturated rings. The van der Waals surface area contributed by atoms with E-state index in [0.29, 0.717) is 10.8 Å². The molecule has 84 valence electrons. The minimum atomic E-state index is -1.13. The van der Waals surface area contributed by atoms with Gasteiger partial charge in [-0.3, -0.25) is 4.79 Å². The SMILES string of the molecule is O=C1NC(C(=O)O)COc2cc(Cl)ccc21. The molecule has 0 saturated heterocycles. The highest BCUT2D eigenvalue weighted by atomic mass is 35.5. The van der Waals surface area contributed by atoms with Gasteiger partial charge < -0.3 is 15.2 Å². The van der Waals surface area contributed by atoms with Crippen molar-refractivity contribution in [2.24, 2.45) is 0 Å². The zero-order valence-corrected chi connectivity index (χ0v) is 8.82. The van der Waals surface area contributed by atoms with E-state index in [1.165, 1.54) is 12.1 Å². The van der Waals surface area contributed by atoms with Crippen LogP contribution in [-0.4, -0.2) is 29.6 Å². The Hall–Kier alpha value is -1.75. The van der Waals surface area contributed by atoms with Crippen molar-refractivity contribution in [2.45, 2.75) is 6.04 Å². The summed E-state index contributed by atoms with van der Waals surface area (Å²) in [5.74, 6) is -1.31. The smallest absolute Gasteiger partial charge is 0.329 e. The van der Waals surface area contributed by atoms with Crippen LogP contribution in [-0.2, 0) is 4.79 Å². The van der Waals surface area contributed by atoms with Gasteiger partial charge in [0.15, 0.2) is 6.04 Å². The van der Waals surface area contributed by atoms with Gasteiger partial charge in [0.2, 0.25) is 0 Å². The summed E-state index contributed by atoms with van der Waals surface area (Å²) in [7, 11) is 0. The fourth-order valence-electron chi connectivity index (χ4n) is 1.39. The predicted octanol–water partition coefficient (Wildman–Crippen LogP) is 0.915. The average Bonchev–Trinajstić information content (AvgIpc) is 2.38. The molecule has 0 bridgehead atoms. The van der Waals surface area contributed by atoms with Crippen molar-refractivity contribution in [3.63, 3.8) is 0 Å². The highest BCUT2D eigenvalue weighted by molar-refractivity contribution is 6.30. The number of aliphatic carboxylic acids is 1. The predicted molar refractivity (Wildman–Crippen MR) is 55.8 cm³/mol. The van der Waals surface area contributed by atoms with E-state index in [0.717, 1.165) is 0 Å². The lowest BCUT2D eigenvalue weighted by molar-refractivity contribution is -0.139. The van der Waals surface area contributed by atoms with Gasteiger partial charge in [-0.2, -0.15) is 0 Å². The third-order valence-corrected chi connectivity index (χ3v) is 2.43. The normalized spacial score (nSPS) is 19.1. The van der Waals surface area contributed by atoms with Crippen LogP contribution in [0.2, 0.25) is 5.02 Å². The maximum atomic E-state index is 11.6. The molecule has 1 aromatic rings. The van der Waals surface area contributed by atoms with Crippen molar-refractivity contribution in [1.29, 1.82) is 0 Å². The Balaban J connectivity index is 2.35. The highest BCUT2D eigenvalue weighted by Gasteiger charge is 2.27. The van der Waals surface area contributed by atoms with Gasteiger partial charge in [-0.1, -0.05) is 11.6 Å². The summed E-state index contributed by atoms with van der Waals surface area (Å²) in [5, 5.41) is 11.6.